The van der Waals surface area contributed by atoms with Crippen molar-refractivity contribution in [1.82, 2.24) is 0 Å². The Balaban J connectivity index is -0.000000126. The van der Waals surface area contributed by atoms with Crippen LogP contribution in [0.15, 0.2) is 0 Å². The Kier molecular flexibility index (Phi) is 24.7. The van der Waals surface area contributed by atoms with E-state index in [0.29, 0.717) is 12.8 Å². The van der Waals surface area contributed by atoms with E-state index in [1.165, 1.54) is 27.7 Å². The number of hydrogen-bond acceptors (Lipinski definition) is 8. The molecule has 9 heteroatoms. The van der Waals surface area contributed by atoms with Gasteiger partial charge in [0.1, 0.15) is 17.3 Å². The van der Waals surface area contributed by atoms with Gasteiger partial charge in [-0.1, -0.05) is 13.8 Å². The monoisotopic (exact) mass is 380 g/mol. The minimum absolute atomic E-state index is 0.167. The zero-order valence-electron chi connectivity index (χ0n) is 14.8. The molecule has 136 valence electrons. The molecule has 0 aromatic carbocycles. The molecule has 2 atom stereocenters. The maximum atomic E-state index is 10.4. The molecule has 0 fully saturated rings. The third-order valence-corrected chi connectivity index (χ3v) is 2.37. The molecule has 2 unspecified atom stereocenters. The number of carbonyl (C=O) groups excluding carboxylic acids is 5. The van der Waals surface area contributed by atoms with Gasteiger partial charge in [-0.15, -0.1) is 0 Å². The molecule has 0 saturated heterocycles. The Morgan fingerprint density at radius 1 is 0.708 bits per heavy atom. The van der Waals surface area contributed by atoms with Crippen molar-refractivity contribution in [3.63, 3.8) is 0 Å². The van der Waals surface area contributed by atoms with Crippen LogP contribution in [0.25, 0.3) is 0 Å². The fourth-order valence-electron chi connectivity index (χ4n) is 1.24. The van der Waals surface area contributed by atoms with Crippen molar-refractivity contribution in [3.05, 3.63) is 0 Å². The molecule has 0 amide bonds. The first kappa shape index (κ1) is 30.4. The van der Waals surface area contributed by atoms with Crippen molar-refractivity contribution in [3.8, 4) is 0 Å². The Labute approximate surface area is 153 Å². The average Bonchev–Trinajstić information content (AvgIpc) is 2.40. The SMILES string of the molecule is CC(C)=O.CCC(C(C)=O)C(=O)[O-].CCC(C(C)=O)C(=O)[O-].[O]=[Ti+2]. The average molecular weight is 380 g/mol. The number of carboxylic acids is 2. The Morgan fingerprint density at radius 2 is 0.875 bits per heavy atom. The van der Waals surface area contributed by atoms with Crippen LogP contribution in [0.3, 0.4) is 0 Å². The summed E-state index contributed by atoms with van der Waals surface area (Å²) >= 11 is 0.750. The molecule has 0 N–H and O–H groups in total. The van der Waals surface area contributed by atoms with Gasteiger partial charge in [0.05, 0.1) is 23.8 Å². The standard InChI is InChI=1S/2C6H10O3.C3H6O.O.Ti/c2*1-3-5(4(2)7)6(8)9;1-3(2)4;;/h2*5H,3H2,1-2H3,(H,8,9);1-2H3;;/q;;;;+2/p-2. The third-order valence-electron chi connectivity index (χ3n) is 2.37. The first-order valence-corrected chi connectivity index (χ1v) is 7.66. The number of rotatable bonds is 6. The van der Waals surface area contributed by atoms with Crippen LogP contribution in [0.1, 0.15) is 54.4 Å². The van der Waals surface area contributed by atoms with Crippen molar-refractivity contribution >= 4 is 29.3 Å². The summed E-state index contributed by atoms with van der Waals surface area (Å²) in [4.78, 5) is 50.3. The number of carboxylic acid groups (broad SMARTS) is 2. The van der Waals surface area contributed by atoms with Gasteiger partial charge in [0, 0.05) is 0 Å². The van der Waals surface area contributed by atoms with Crippen molar-refractivity contribution < 1.29 is 57.9 Å². The normalized spacial score (nSPS) is 10.8. The third kappa shape index (κ3) is 22.7. The van der Waals surface area contributed by atoms with E-state index in [2.05, 4.69) is 0 Å². The summed E-state index contributed by atoms with van der Waals surface area (Å²) in [5.41, 5.74) is 0. The Bertz CT molecular complexity index is 356. The Morgan fingerprint density at radius 3 is 0.875 bits per heavy atom. The summed E-state index contributed by atoms with van der Waals surface area (Å²) in [5, 5.41) is 20.1. The van der Waals surface area contributed by atoms with Crippen LogP contribution >= 0.6 is 0 Å². The number of Topliss-reactive ketones (excluding diaryl/α,β-unsaturated/α-hetero) is 3. The summed E-state index contributed by atoms with van der Waals surface area (Å²) in [5.74, 6) is -4.88. The topological polar surface area (TPSA) is 149 Å². The molecule has 0 bridgehead atoms. The van der Waals surface area contributed by atoms with E-state index in [-0.39, 0.29) is 17.3 Å². The molecule has 0 aromatic rings. The molecule has 0 aliphatic rings. The van der Waals surface area contributed by atoms with E-state index in [4.69, 9.17) is 3.32 Å². The fourth-order valence-corrected chi connectivity index (χ4v) is 1.24. The predicted octanol–water partition coefficient (Wildman–Crippen LogP) is -0.823. The van der Waals surface area contributed by atoms with Crippen molar-refractivity contribution in [2.45, 2.75) is 54.4 Å². The number of hydrogen-bond donors (Lipinski definition) is 0. The van der Waals surface area contributed by atoms with Gasteiger partial charge in [0.25, 0.3) is 0 Å². The van der Waals surface area contributed by atoms with Gasteiger partial charge >= 0.3 is 23.7 Å². The van der Waals surface area contributed by atoms with Gasteiger partial charge in [0.2, 0.25) is 0 Å². The van der Waals surface area contributed by atoms with E-state index >= 15 is 0 Å². The van der Waals surface area contributed by atoms with E-state index in [0.717, 1.165) is 20.4 Å². The molecule has 24 heavy (non-hydrogen) atoms. The first-order chi connectivity index (χ1) is 10.9. The second-order valence-corrected chi connectivity index (χ2v) is 4.69. The van der Waals surface area contributed by atoms with E-state index in [1.807, 2.05) is 0 Å². The molecule has 0 radical (unpaired) electrons. The summed E-state index contributed by atoms with van der Waals surface area (Å²) < 4.78 is 8.25. The van der Waals surface area contributed by atoms with Gasteiger partial charge in [-0.3, -0.25) is 9.59 Å². The van der Waals surface area contributed by atoms with Gasteiger partial charge in [-0.05, 0) is 40.5 Å². The number of carbonyl (C=O) groups is 5. The number of aliphatic carboxylic acids is 2. The van der Waals surface area contributed by atoms with Gasteiger partial charge in [-0.25, -0.2) is 0 Å². The molecule has 0 aliphatic carbocycles. The molecular formula is C15H24O8Ti. The maximum absolute atomic E-state index is 10.4. The molecule has 0 saturated carbocycles. The summed E-state index contributed by atoms with van der Waals surface area (Å²) in [6.45, 7) is 8.84. The molecule has 0 spiro atoms. The fraction of sp³-hybridized carbons (Fsp3) is 0.667. The quantitative estimate of drug-likeness (QED) is 0.428. The summed E-state index contributed by atoms with van der Waals surface area (Å²) in [6.07, 6.45) is 0.634. The van der Waals surface area contributed by atoms with E-state index < -0.39 is 23.8 Å². The van der Waals surface area contributed by atoms with Crippen LogP contribution < -0.4 is 10.2 Å². The summed E-state index contributed by atoms with van der Waals surface area (Å²) in [7, 11) is 0. The Hall–Kier alpha value is -1.54. The van der Waals surface area contributed by atoms with Gasteiger partial charge in [-0.2, -0.15) is 0 Å². The van der Waals surface area contributed by atoms with E-state index in [1.54, 1.807) is 13.8 Å². The van der Waals surface area contributed by atoms with Crippen molar-refractivity contribution in [1.29, 1.82) is 0 Å². The molecule has 8 nitrogen and oxygen atoms in total. The molecule has 0 aliphatic heterocycles. The van der Waals surface area contributed by atoms with Crippen LogP contribution in [-0.2, 0) is 47.7 Å². The van der Waals surface area contributed by atoms with Crippen LogP contribution in [0, 0.1) is 11.8 Å². The van der Waals surface area contributed by atoms with E-state index in [9.17, 15) is 34.2 Å². The second kappa shape index (κ2) is 19.5. The van der Waals surface area contributed by atoms with Crippen LogP contribution in [0.2, 0.25) is 0 Å². The van der Waals surface area contributed by atoms with Crippen LogP contribution in [0.4, 0.5) is 0 Å². The molecule has 0 rings (SSSR count). The van der Waals surface area contributed by atoms with Gasteiger partial charge in [0.15, 0.2) is 0 Å². The zero-order valence-corrected chi connectivity index (χ0v) is 16.4. The number of ketones is 3. The second-order valence-electron chi connectivity index (χ2n) is 4.69. The van der Waals surface area contributed by atoms with Gasteiger partial charge < -0.3 is 24.6 Å². The molecule has 0 aromatic heterocycles. The first-order valence-electron chi connectivity index (χ1n) is 7.02. The van der Waals surface area contributed by atoms with Crippen molar-refractivity contribution in [2.24, 2.45) is 11.8 Å². The molecular weight excluding hydrogens is 356 g/mol. The van der Waals surface area contributed by atoms with Crippen molar-refractivity contribution in [2.75, 3.05) is 0 Å². The summed E-state index contributed by atoms with van der Waals surface area (Å²) in [6, 6.07) is 0. The van der Waals surface area contributed by atoms with Crippen LogP contribution in [-0.4, -0.2) is 29.3 Å². The minimum atomic E-state index is -1.27. The van der Waals surface area contributed by atoms with Crippen LogP contribution in [0.5, 0.6) is 0 Å². The zero-order chi connectivity index (χ0) is 20.5. The predicted molar refractivity (Wildman–Crippen MR) is 76.0 cm³/mol. The molecule has 0 heterocycles.